The molecular formula is C22H27N3O2. The van der Waals surface area contributed by atoms with Gasteiger partial charge in [-0.25, -0.2) is 4.79 Å². The van der Waals surface area contributed by atoms with Crippen molar-refractivity contribution in [3.8, 4) is 0 Å². The Bertz CT molecular complexity index is 757. The van der Waals surface area contributed by atoms with Crippen molar-refractivity contribution in [2.24, 2.45) is 0 Å². The van der Waals surface area contributed by atoms with Crippen LogP contribution in [0.25, 0.3) is 0 Å². The van der Waals surface area contributed by atoms with Gasteiger partial charge >= 0.3 is 6.03 Å². The molecule has 1 aliphatic heterocycles. The van der Waals surface area contributed by atoms with E-state index in [4.69, 9.17) is 4.74 Å². The largest absolute Gasteiger partial charge is 0.372 e. The number of likely N-dealkylation sites (tertiary alicyclic amines) is 1. The maximum atomic E-state index is 12.6. The number of piperidine rings is 1. The molecule has 27 heavy (non-hydrogen) atoms. The molecule has 2 aliphatic rings. The summed E-state index contributed by atoms with van der Waals surface area (Å²) in [6.07, 6.45) is 6.76. The molecule has 4 rings (SSSR count). The van der Waals surface area contributed by atoms with E-state index < -0.39 is 0 Å². The van der Waals surface area contributed by atoms with E-state index in [9.17, 15) is 4.79 Å². The molecule has 0 spiro atoms. The lowest BCUT2D eigenvalue weighted by molar-refractivity contribution is 0.00287. The first-order chi connectivity index (χ1) is 13.3. The molecule has 1 saturated heterocycles. The Morgan fingerprint density at radius 2 is 1.85 bits per heavy atom. The van der Waals surface area contributed by atoms with Gasteiger partial charge in [0.15, 0.2) is 0 Å². The lowest BCUT2D eigenvalue weighted by Gasteiger charge is -2.34. The second-order valence-electron chi connectivity index (χ2n) is 7.48. The number of urea groups is 1. The Labute approximate surface area is 160 Å². The zero-order chi connectivity index (χ0) is 18.5. The van der Waals surface area contributed by atoms with Crippen LogP contribution in [-0.4, -0.2) is 41.2 Å². The highest BCUT2D eigenvalue weighted by Crippen LogP contribution is 2.22. The summed E-state index contributed by atoms with van der Waals surface area (Å²) in [7, 11) is 0. The van der Waals surface area contributed by atoms with Gasteiger partial charge in [-0.15, -0.1) is 0 Å². The molecule has 2 amide bonds. The molecule has 142 valence electrons. The second-order valence-corrected chi connectivity index (χ2v) is 7.48. The van der Waals surface area contributed by atoms with Crippen molar-refractivity contribution in [3.05, 3.63) is 65.5 Å². The highest BCUT2D eigenvalue weighted by Gasteiger charge is 2.26. The molecule has 2 aromatic rings. The number of hydrogen-bond acceptors (Lipinski definition) is 3. The SMILES string of the molecule is O=C(N[C@H]1CCc2ccccc2C1)N1CCC(OCc2ccccn2)CC1. The van der Waals surface area contributed by atoms with E-state index in [0.717, 1.165) is 50.9 Å². The van der Waals surface area contributed by atoms with E-state index in [1.54, 1.807) is 6.20 Å². The number of carbonyl (C=O) groups excluding carboxylic acids is 1. The maximum Gasteiger partial charge on any atom is 0.317 e. The van der Waals surface area contributed by atoms with E-state index in [2.05, 4.69) is 34.6 Å². The molecule has 0 bridgehead atoms. The van der Waals surface area contributed by atoms with Crippen molar-refractivity contribution in [1.82, 2.24) is 15.2 Å². The Morgan fingerprint density at radius 3 is 2.63 bits per heavy atom. The fourth-order valence-corrected chi connectivity index (χ4v) is 4.00. The predicted octanol–water partition coefficient (Wildman–Crippen LogP) is 3.33. The summed E-state index contributed by atoms with van der Waals surface area (Å²) < 4.78 is 5.97. The predicted molar refractivity (Wildman–Crippen MR) is 104 cm³/mol. The van der Waals surface area contributed by atoms with E-state index in [1.807, 2.05) is 23.1 Å². The molecule has 1 aromatic carbocycles. The summed E-state index contributed by atoms with van der Waals surface area (Å²) in [5.41, 5.74) is 3.75. The first-order valence-corrected chi connectivity index (χ1v) is 9.91. The van der Waals surface area contributed by atoms with Gasteiger partial charge in [0.25, 0.3) is 0 Å². The molecule has 1 atom stereocenters. The average Bonchev–Trinajstić information content (AvgIpc) is 2.73. The van der Waals surface area contributed by atoms with Crippen LogP contribution in [0.5, 0.6) is 0 Å². The normalized spacial score (nSPS) is 20.1. The van der Waals surface area contributed by atoms with Gasteiger partial charge in [0.1, 0.15) is 0 Å². The quantitative estimate of drug-likeness (QED) is 0.904. The maximum absolute atomic E-state index is 12.6. The standard InChI is InChI=1S/C22H27N3O2/c26-22(24-19-9-8-17-5-1-2-6-18(17)15-19)25-13-10-21(11-14-25)27-16-20-7-3-4-12-23-20/h1-7,12,19,21H,8-11,13-16H2,(H,24,26)/t19-/m0/s1. The number of aromatic nitrogens is 1. The molecule has 1 N–H and O–H groups in total. The van der Waals surface area contributed by atoms with Crippen LogP contribution in [0.1, 0.15) is 36.1 Å². The molecule has 1 fully saturated rings. The van der Waals surface area contributed by atoms with Crippen LogP contribution in [0.3, 0.4) is 0 Å². The summed E-state index contributed by atoms with van der Waals surface area (Å²) in [5, 5.41) is 3.24. The minimum Gasteiger partial charge on any atom is -0.372 e. The number of hydrogen-bond donors (Lipinski definition) is 1. The van der Waals surface area contributed by atoms with Crippen LogP contribution in [0.2, 0.25) is 0 Å². The lowest BCUT2D eigenvalue weighted by atomic mass is 9.88. The van der Waals surface area contributed by atoms with Crippen LogP contribution in [0.15, 0.2) is 48.7 Å². The molecule has 2 heterocycles. The van der Waals surface area contributed by atoms with Crippen LogP contribution in [0, 0.1) is 0 Å². The topological polar surface area (TPSA) is 54.5 Å². The highest BCUT2D eigenvalue weighted by atomic mass is 16.5. The van der Waals surface area contributed by atoms with Gasteiger partial charge in [-0.05, 0) is 55.4 Å². The van der Waals surface area contributed by atoms with E-state index in [1.165, 1.54) is 11.1 Å². The number of amides is 2. The van der Waals surface area contributed by atoms with Crippen molar-refractivity contribution < 1.29 is 9.53 Å². The van der Waals surface area contributed by atoms with Crippen molar-refractivity contribution in [2.45, 2.75) is 50.9 Å². The van der Waals surface area contributed by atoms with Gasteiger partial charge in [-0.2, -0.15) is 0 Å². The summed E-state index contributed by atoms with van der Waals surface area (Å²) in [6.45, 7) is 2.04. The number of ether oxygens (including phenoxy) is 1. The average molecular weight is 365 g/mol. The molecule has 1 aromatic heterocycles. The third kappa shape index (κ3) is 4.66. The number of carbonyl (C=O) groups is 1. The molecule has 0 saturated carbocycles. The summed E-state index contributed by atoms with van der Waals surface area (Å²) >= 11 is 0. The molecule has 0 radical (unpaired) electrons. The number of benzene rings is 1. The Morgan fingerprint density at radius 1 is 1.07 bits per heavy atom. The van der Waals surface area contributed by atoms with Crippen molar-refractivity contribution in [3.63, 3.8) is 0 Å². The van der Waals surface area contributed by atoms with Gasteiger partial charge in [0.2, 0.25) is 0 Å². The van der Waals surface area contributed by atoms with Crippen molar-refractivity contribution in [2.75, 3.05) is 13.1 Å². The number of pyridine rings is 1. The van der Waals surface area contributed by atoms with Crippen molar-refractivity contribution in [1.29, 1.82) is 0 Å². The Balaban J connectivity index is 1.21. The third-order valence-corrected chi connectivity index (χ3v) is 5.60. The van der Waals surface area contributed by atoms with E-state index in [-0.39, 0.29) is 18.2 Å². The lowest BCUT2D eigenvalue weighted by Crippen LogP contribution is -2.50. The third-order valence-electron chi connectivity index (χ3n) is 5.60. The van der Waals surface area contributed by atoms with Gasteiger partial charge in [0, 0.05) is 25.3 Å². The smallest absolute Gasteiger partial charge is 0.317 e. The van der Waals surface area contributed by atoms with Crippen LogP contribution >= 0.6 is 0 Å². The van der Waals surface area contributed by atoms with Gasteiger partial charge in [-0.1, -0.05) is 30.3 Å². The fraction of sp³-hybridized carbons (Fsp3) is 0.455. The number of fused-ring (bicyclic) bond motifs is 1. The number of aryl methyl sites for hydroxylation is 1. The van der Waals surface area contributed by atoms with Crippen LogP contribution < -0.4 is 5.32 Å². The minimum atomic E-state index is 0.0718. The summed E-state index contributed by atoms with van der Waals surface area (Å²) in [6, 6.07) is 14.7. The number of rotatable bonds is 4. The molecule has 5 nitrogen and oxygen atoms in total. The summed E-state index contributed by atoms with van der Waals surface area (Å²) in [4.78, 5) is 18.8. The Hall–Kier alpha value is -2.40. The molecule has 5 heteroatoms. The first-order valence-electron chi connectivity index (χ1n) is 9.91. The van der Waals surface area contributed by atoms with Gasteiger partial charge in [0.05, 0.1) is 18.4 Å². The van der Waals surface area contributed by atoms with Crippen LogP contribution in [0.4, 0.5) is 4.79 Å². The Kier molecular flexibility index (Phi) is 5.68. The van der Waals surface area contributed by atoms with E-state index in [0.29, 0.717) is 6.61 Å². The van der Waals surface area contributed by atoms with Crippen LogP contribution in [-0.2, 0) is 24.2 Å². The van der Waals surface area contributed by atoms with Crippen molar-refractivity contribution >= 4 is 6.03 Å². The molecular weight excluding hydrogens is 338 g/mol. The van der Waals surface area contributed by atoms with Gasteiger partial charge in [-0.3, -0.25) is 4.98 Å². The molecule has 0 unspecified atom stereocenters. The number of nitrogens with one attached hydrogen (secondary N) is 1. The monoisotopic (exact) mass is 365 g/mol. The summed E-state index contributed by atoms with van der Waals surface area (Å²) in [5.74, 6) is 0. The molecule has 1 aliphatic carbocycles. The zero-order valence-electron chi connectivity index (χ0n) is 15.6. The first kappa shape index (κ1) is 18.0. The van der Waals surface area contributed by atoms with Gasteiger partial charge < -0.3 is 15.0 Å². The zero-order valence-corrected chi connectivity index (χ0v) is 15.6. The van der Waals surface area contributed by atoms with E-state index >= 15 is 0 Å². The second kappa shape index (κ2) is 8.53. The highest BCUT2D eigenvalue weighted by molar-refractivity contribution is 5.74. The fourth-order valence-electron chi connectivity index (χ4n) is 4.00. The minimum absolute atomic E-state index is 0.0718. The number of nitrogens with zero attached hydrogens (tertiary/aromatic N) is 2.